The summed E-state index contributed by atoms with van der Waals surface area (Å²) < 4.78 is 0. The highest BCUT2D eigenvalue weighted by atomic mass is 14.5. The van der Waals surface area contributed by atoms with Crippen LogP contribution in [0.3, 0.4) is 0 Å². The van der Waals surface area contributed by atoms with Crippen molar-refractivity contribution in [3.05, 3.63) is 65.7 Å². The average molecular weight is 267 g/mol. The largest absolute Gasteiger partial charge is 0.399 e. The van der Waals surface area contributed by atoms with E-state index in [4.69, 9.17) is 5.73 Å². The van der Waals surface area contributed by atoms with Crippen LogP contribution in [-0.2, 0) is 6.42 Å². The molecule has 0 aliphatic heterocycles. The summed E-state index contributed by atoms with van der Waals surface area (Å²) in [5.41, 5.74) is 9.55. The zero-order valence-corrected chi connectivity index (χ0v) is 12.4. The van der Waals surface area contributed by atoms with Crippen molar-refractivity contribution < 1.29 is 0 Å². The smallest absolute Gasteiger partial charge is 0.0316 e. The summed E-state index contributed by atoms with van der Waals surface area (Å²) >= 11 is 0. The quantitative estimate of drug-likeness (QED) is 0.688. The van der Waals surface area contributed by atoms with E-state index in [-0.39, 0.29) is 0 Å². The third-order valence-corrected chi connectivity index (χ3v) is 3.91. The molecular weight excluding hydrogens is 242 g/mol. The van der Waals surface area contributed by atoms with E-state index in [1.165, 1.54) is 36.8 Å². The summed E-state index contributed by atoms with van der Waals surface area (Å²) in [7, 11) is 0. The van der Waals surface area contributed by atoms with Gasteiger partial charge < -0.3 is 5.73 Å². The van der Waals surface area contributed by atoms with Crippen LogP contribution in [-0.4, -0.2) is 0 Å². The highest BCUT2D eigenvalue weighted by molar-refractivity contribution is 5.40. The molecular formula is C19H25N. The van der Waals surface area contributed by atoms with E-state index in [2.05, 4.69) is 49.4 Å². The molecule has 2 aromatic carbocycles. The Morgan fingerprint density at radius 2 is 1.75 bits per heavy atom. The van der Waals surface area contributed by atoms with E-state index in [1.54, 1.807) is 0 Å². The maximum atomic E-state index is 5.86. The van der Waals surface area contributed by atoms with Crippen LogP contribution in [0, 0.1) is 0 Å². The van der Waals surface area contributed by atoms with Crippen molar-refractivity contribution in [2.45, 2.75) is 44.9 Å². The molecule has 2 N–H and O–H groups in total. The van der Waals surface area contributed by atoms with Crippen LogP contribution in [0.25, 0.3) is 0 Å². The lowest BCUT2D eigenvalue weighted by atomic mass is 9.88. The summed E-state index contributed by atoms with van der Waals surface area (Å²) in [6.45, 7) is 2.26. The topological polar surface area (TPSA) is 26.0 Å². The Bertz CT molecular complexity index is 504. The molecule has 1 unspecified atom stereocenters. The second-order valence-electron chi connectivity index (χ2n) is 5.53. The molecule has 1 heteroatoms. The van der Waals surface area contributed by atoms with Crippen LogP contribution >= 0.6 is 0 Å². The van der Waals surface area contributed by atoms with Gasteiger partial charge in [-0.25, -0.2) is 0 Å². The molecule has 0 aromatic heterocycles. The van der Waals surface area contributed by atoms with Gasteiger partial charge in [0.05, 0.1) is 0 Å². The number of unbranched alkanes of at least 4 members (excludes halogenated alkanes) is 1. The van der Waals surface area contributed by atoms with Gasteiger partial charge in [0.15, 0.2) is 0 Å². The van der Waals surface area contributed by atoms with Gasteiger partial charge in [0.25, 0.3) is 0 Å². The maximum Gasteiger partial charge on any atom is 0.0316 e. The Balaban J connectivity index is 2.01. The molecule has 106 valence electrons. The lowest BCUT2D eigenvalue weighted by Crippen LogP contribution is -2.01. The van der Waals surface area contributed by atoms with E-state index in [1.807, 2.05) is 12.1 Å². The van der Waals surface area contributed by atoms with E-state index < -0.39 is 0 Å². The molecule has 0 amide bonds. The van der Waals surface area contributed by atoms with Crippen LogP contribution < -0.4 is 5.73 Å². The Morgan fingerprint density at radius 3 is 2.45 bits per heavy atom. The van der Waals surface area contributed by atoms with Crippen molar-refractivity contribution in [3.63, 3.8) is 0 Å². The van der Waals surface area contributed by atoms with Crippen molar-refractivity contribution in [2.75, 3.05) is 5.73 Å². The number of nitrogen functional groups attached to an aromatic ring is 1. The first-order valence-corrected chi connectivity index (χ1v) is 7.69. The highest BCUT2D eigenvalue weighted by Crippen LogP contribution is 2.27. The first-order valence-electron chi connectivity index (χ1n) is 7.69. The fraction of sp³-hybridized carbons (Fsp3) is 0.368. The van der Waals surface area contributed by atoms with Gasteiger partial charge in [-0.05, 0) is 48.4 Å². The summed E-state index contributed by atoms with van der Waals surface area (Å²) in [6, 6.07) is 19.2. The van der Waals surface area contributed by atoms with Crippen molar-refractivity contribution in [3.8, 4) is 0 Å². The van der Waals surface area contributed by atoms with Gasteiger partial charge >= 0.3 is 0 Å². The van der Waals surface area contributed by atoms with E-state index >= 15 is 0 Å². The van der Waals surface area contributed by atoms with E-state index in [9.17, 15) is 0 Å². The van der Waals surface area contributed by atoms with Gasteiger partial charge in [-0.2, -0.15) is 0 Å². The molecule has 0 heterocycles. The summed E-state index contributed by atoms with van der Waals surface area (Å²) in [5, 5.41) is 0. The number of hydrogen-bond donors (Lipinski definition) is 1. The SMILES string of the molecule is CCCCC(CCc1cccc(N)c1)c1ccccc1. The minimum atomic E-state index is 0.664. The number of rotatable bonds is 7. The molecule has 0 saturated carbocycles. The minimum absolute atomic E-state index is 0.664. The zero-order chi connectivity index (χ0) is 14.2. The summed E-state index contributed by atoms with van der Waals surface area (Å²) in [5.74, 6) is 0.664. The van der Waals surface area contributed by atoms with Crippen LogP contribution in [0.5, 0.6) is 0 Å². The van der Waals surface area contributed by atoms with Gasteiger partial charge in [0.2, 0.25) is 0 Å². The van der Waals surface area contributed by atoms with E-state index in [0.29, 0.717) is 5.92 Å². The van der Waals surface area contributed by atoms with Crippen molar-refractivity contribution >= 4 is 5.69 Å². The van der Waals surface area contributed by atoms with Crippen LogP contribution in [0.15, 0.2) is 54.6 Å². The van der Waals surface area contributed by atoms with Crippen LogP contribution in [0.1, 0.15) is 49.7 Å². The van der Waals surface area contributed by atoms with Gasteiger partial charge in [-0.1, -0.05) is 62.2 Å². The Morgan fingerprint density at radius 1 is 0.950 bits per heavy atom. The van der Waals surface area contributed by atoms with Crippen molar-refractivity contribution in [1.29, 1.82) is 0 Å². The molecule has 0 fully saturated rings. The maximum absolute atomic E-state index is 5.86. The van der Waals surface area contributed by atoms with Gasteiger partial charge in [-0.15, -0.1) is 0 Å². The molecule has 2 aromatic rings. The number of anilines is 1. The fourth-order valence-corrected chi connectivity index (χ4v) is 2.74. The van der Waals surface area contributed by atoms with Crippen LogP contribution in [0.4, 0.5) is 5.69 Å². The molecule has 0 radical (unpaired) electrons. The third-order valence-electron chi connectivity index (χ3n) is 3.91. The van der Waals surface area contributed by atoms with Gasteiger partial charge in [0.1, 0.15) is 0 Å². The molecule has 1 nitrogen and oxygen atoms in total. The number of aryl methyl sites for hydroxylation is 1. The fourth-order valence-electron chi connectivity index (χ4n) is 2.74. The van der Waals surface area contributed by atoms with Crippen molar-refractivity contribution in [2.24, 2.45) is 0 Å². The monoisotopic (exact) mass is 267 g/mol. The number of benzene rings is 2. The lowest BCUT2D eigenvalue weighted by Gasteiger charge is -2.17. The zero-order valence-electron chi connectivity index (χ0n) is 12.4. The average Bonchev–Trinajstić information content (AvgIpc) is 2.48. The van der Waals surface area contributed by atoms with Crippen LogP contribution in [0.2, 0.25) is 0 Å². The molecule has 0 saturated heterocycles. The number of nitrogens with two attached hydrogens (primary N) is 1. The molecule has 1 atom stereocenters. The molecule has 2 rings (SSSR count). The predicted octanol–water partition coefficient (Wildman–Crippen LogP) is 5.18. The summed E-state index contributed by atoms with van der Waals surface area (Å²) in [6.07, 6.45) is 6.16. The molecule has 20 heavy (non-hydrogen) atoms. The van der Waals surface area contributed by atoms with Gasteiger partial charge in [0, 0.05) is 5.69 Å². The highest BCUT2D eigenvalue weighted by Gasteiger charge is 2.11. The first-order chi connectivity index (χ1) is 9.79. The molecule has 0 aliphatic rings. The van der Waals surface area contributed by atoms with E-state index in [0.717, 1.165) is 12.1 Å². The molecule has 0 aliphatic carbocycles. The van der Waals surface area contributed by atoms with Crippen molar-refractivity contribution in [1.82, 2.24) is 0 Å². The second kappa shape index (κ2) is 7.74. The Hall–Kier alpha value is -1.76. The standard InChI is InChI=1S/C19H25N/c1-2-3-9-18(17-10-5-4-6-11-17)14-13-16-8-7-12-19(20)15-16/h4-8,10-12,15,18H,2-3,9,13-14,20H2,1H3. The van der Waals surface area contributed by atoms with Gasteiger partial charge in [-0.3, -0.25) is 0 Å². The lowest BCUT2D eigenvalue weighted by molar-refractivity contribution is 0.547. The summed E-state index contributed by atoms with van der Waals surface area (Å²) in [4.78, 5) is 0. The Kier molecular flexibility index (Phi) is 5.67. The molecule has 0 spiro atoms. The molecule has 0 bridgehead atoms. The normalized spacial score (nSPS) is 12.2. The predicted molar refractivity (Wildman–Crippen MR) is 87.9 cm³/mol. The Labute approximate surface area is 122 Å². The third kappa shape index (κ3) is 4.41. The number of hydrogen-bond acceptors (Lipinski definition) is 1. The first kappa shape index (κ1) is 14.6. The second-order valence-corrected chi connectivity index (χ2v) is 5.53. The minimum Gasteiger partial charge on any atom is -0.399 e.